The third-order valence-electron chi connectivity index (χ3n) is 3.33. The molecule has 1 aliphatic heterocycles. The van der Waals surface area contributed by atoms with E-state index in [1.807, 2.05) is 0 Å². The van der Waals surface area contributed by atoms with Gasteiger partial charge in [0, 0.05) is 23.4 Å². The van der Waals surface area contributed by atoms with Crippen molar-refractivity contribution in [2.45, 2.75) is 11.8 Å². The number of hydrogen-bond acceptors (Lipinski definition) is 6. The van der Waals surface area contributed by atoms with Gasteiger partial charge >= 0.3 is 0 Å². The molecule has 0 N–H and O–H groups in total. The Morgan fingerprint density at radius 3 is 2.50 bits per heavy atom. The maximum Gasteiger partial charge on any atom is 0.295 e. The molecular formula is C16H11N3O4S. The van der Waals surface area contributed by atoms with Gasteiger partial charge in [-0.15, -0.1) is 0 Å². The highest BCUT2D eigenvalue weighted by Gasteiger charge is 2.30. The fourth-order valence-electron chi connectivity index (χ4n) is 2.26. The summed E-state index contributed by atoms with van der Waals surface area (Å²) in [5, 5.41) is 16.3. The first-order chi connectivity index (χ1) is 11.5. The number of rotatable bonds is 3. The highest BCUT2D eigenvalue weighted by Crippen LogP contribution is 2.35. The minimum Gasteiger partial charge on any atom is -0.286 e. The van der Waals surface area contributed by atoms with Crippen molar-refractivity contribution in [3.8, 4) is 0 Å². The first kappa shape index (κ1) is 15.9. The van der Waals surface area contributed by atoms with Crippen LogP contribution >= 0.6 is 11.8 Å². The zero-order chi connectivity index (χ0) is 17.3. The molecule has 0 fully saturated rings. The number of carbonyl (C=O) groups is 2. The molecule has 0 spiro atoms. The number of thioether (sulfide) groups is 1. The molecule has 2 aromatic carbocycles. The van der Waals surface area contributed by atoms with Gasteiger partial charge in [-0.05, 0) is 18.2 Å². The molecule has 8 heteroatoms. The number of para-hydroxylation sites is 2. The lowest BCUT2D eigenvalue weighted by Crippen LogP contribution is -2.25. The lowest BCUT2D eigenvalue weighted by Gasteiger charge is -2.15. The Kier molecular flexibility index (Phi) is 4.13. The van der Waals surface area contributed by atoms with Gasteiger partial charge in [-0.1, -0.05) is 36.0 Å². The van der Waals surface area contributed by atoms with Crippen LogP contribution in [-0.4, -0.2) is 21.7 Å². The molecule has 1 aliphatic rings. The molecule has 0 aromatic heterocycles. The van der Waals surface area contributed by atoms with E-state index in [1.54, 1.807) is 30.3 Å². The van der Waals surface area contributed by atoms with Gasteiger partial charge in [0.05, 0.1) is 4.92 Å². The van der Waals surface area contributed by atoms with Gasteiger partial charge in [-0.2, -0.15) is 10.1 Å². The summed E-state index contributed by atoms with van der Waals surface area (Å²) >= 11 is 1.14. The number of fused-ring (bicyclic) bond motifs is 1. The first-order valence-corrected chi connectivity index (χ1v) is 7.75. The van der Waals surface area contributed by atoms with Gasteiger partial charge < -0.3 is 0 Å². The van der Waals surface area contributed by atoms with Gasteiger partial charge in [0.15, 0.2) is 5.04 Å². The van der Waals surface area contributed by atoms with Crippen LogP contribution in [0.25, 0.3) is 0 Å². The number of carbonyl (C=O) groups excluding carboxylic acids is 2. The third kappa shape index (κ3) is 2.79. The summed E-state index contributed by atoms with van der Waals surface area (Å²) in [6.07, 6.45) is 0. The molecule has 7 nitrogen and oxygen atoms in total. The molecule has 0 saturated carbocycles. The van der Waals surface area contributed by atoms with Crippen molar-refractivity contribution in [3.63, 3.8) is 0 Å². The van der Waals surface area contributed by atoms with Gasteiger partial charge in [0.25, 0.3) is 5.69 Å². The lowest BCUT2D eigenvalue weighted by atomic mass is 10.1. The van der Waals surface area contributed by atoms with E-state index in [0.29, 0.717) is 5.56 Å². The second-order valence-corrected chi connectivity index (χ2v) is 5.94. The Morgan fingerprint density at radius 1 is 1.17 bits per heavy atom. The lowest BCUT2D eigenvalue weighted by molar-refractivity contribution is -0.384. The fourth-order valence-corrected chi connectivity index (χ4v) is 3.21. The zero-order valence-electron chi connectivity index (χ0n) is 12.5. The molecule has 120 valence electrons. The number of hydrogen-bond donors (Lipinski definition) is 0. The van der Waals surface area contributed by atoms with Gasteiger partial charge in [-0.3, -0.25) is 19.7 Å². The maximum absolute atomic E-state index is 12.4. The SMILES string of the molecule is CC(=O)N(/N=C1\Sc2ccccc2C1=O)c1ccccc1[N+](=O)[O-]. The number of hydrazone groups is 1. The molecule has 1 amide bonds. The van der Waals surface area contributed by atoms with Gasteiger partial charge in [0.2, 0.25) is 11.7 Å². The summed E-state index contributed by atoms with van der Waals surface area (Å²) in [4.78, 5) is 35.7. The number of nitro benzene ring substituents is 1. The molecule has 0 saturated heterocycles. The van der Waals surface area contributed by atoms with Crippen molar-refractivity contribution < 1.29 is 14.5 Å². The van der Waals surface area contributed by atoms with Gasteiger partial charge in [0.1, 0.15) is 5.69 Å². The van der Waals surface area contributed by atoms with Crippen LogP contribution in [0.3, 0.4) is 0 Å². The maximum atomic E-state index is 12.4. The number of anilines is 1. The molecule has 2 aromatic rings. The zero-order valence-corrected chi connectivity index (χ0v) is 13.3. The van der Waals surface area contributed by atoms with E-state index in [0.717, 1.165) is 21.7 Å². The average Bonchev–Trinajstić information content (AvgIpc) is 2.89. The predicted octanol–water partition coefficient (Wildman–Crippen LogP) is 3.25. The van der Waals surface area contributed by atoms with E-state index < -0.39 is 10.8 Å². The molecule has 3 rings (SSSR count). The van der Waals surface area contributed by atoms with Crippen molar-refractivity contribution in [1.29, 1.82) is 0 Å². The highest BCUT2D eigenvalue weighted by molar-refractivity contribution is 8.16. The number of Topliss-reactive ketones (excluding diaryl/α,β-unsaturated/α-hetero) is 1. The monoisotopic (exact) mass is 341 g/mol. The fraction of sp³-hybridized carbons (Fsp3) is 0.0625. The number of amides is 1. The molecular weight excluding hydrogens is 330 g/mol. The van der Waals surface area contributed by atoms with Crippen molar-refractivity contribution in [2.24, 2.45) is 5.10 Å². The predicted molar refractivity (Wildman–Crippen MR) is 90.3 cm³/mol. The largest absolute Gasteiger partial charge is 0.295 e. The molecule has 0 unspecified atom stereocenters. The standard InChI is InChI=1S/C16H11N3O4S/c1-10(20)18(12-7-3-4-8-13(12)19(22)23)17-16-15(21)11-6-2-5-9-14(11)24-16/h2-9H,1H3/b17-16-. The minimum atomic E-state index is -0.593. The molecule has 0 radical (unpaired) electrons. The Morgan fingerprint density at radius 2 is 1.83 bits per heavy atom. The van der Waals surface area contributed by atoms with E-state index in [-0.39, 0.29) is 22.2 Å². The summed E-state index contributed by atoms with van der Waals surface area (Å²) < 4.78 is 0. The van der Waals surface area contributed by atoms with Crippen LogP contribution in [0.1, 0.15) is 17.3 Å². The normalized spacial score (nSPS) is 14.5. The molecule has 0 bridgehead atoms. The van der Waals surface area contributed by atoms with Crippen LogP contribution in [0.2, 0.25) is 0 Å². The number of benzene rings is 2. The van der Waals surface area contributed by atoms with Crippen LogP contribution in [0.5, 0.6) is 0 Å². The molecule has 1 heterocycles. The smallest absolute Gasteiger partial charge is 0.286 e. The number of nitro groups is 1. The van der Waals surface area contributed by atoms with Crippen LogP contribution in [0.4, 0.5) is 11.4 Å². The molecule has 24 heavy (non-hydrogen) atoms. The van der Waals surface area contributed by atoms with E-state index >= 15 is 0 Å². The van der Waals surface area contributed by atoms with Crippen LogP contribution in [-0.2, 0) is 4.79 Å². The molecule has 0 aliphatic carbocycles. The Labute approximate surface area is 141 Å². The summed E-state index contributed by atoms with van der Waals surface area (Å²) in [5.41, 5.74) is 0.268. The minimum absolute atomic E-state index is 0.0202. The number of nitrogens with zero attached hydrogens (tertiary/aromatic N) is 3. The van der Waals surface area contributed by atoms with Crippen molar-refractivity contribution in [1.82, 2.24) is 0 Å². The van der Waals surface area contributed by atoms with Crippen molar-refractivity contribution >= 4 is 39.9 Å². The quantitative estimate of drug-likeness (QED) is 0.631. The van der Waals surface area contributed by atoms with Crippen LogP contribution < -0.4 is 5.01 Å². The van der Waals surface area contributed by atoms with Crippen LogP contribution in [0, 0.1) is 10.1 Å². The molecule has 0 atom stereocenters. The van der Waals surface area contributed by atoms with E-state index in [2.05, 4.69) is 5.10 Å². The Bertz CT molecular complexity index is 894. The first-order valence-electron chi connectivity index (χ1n) is 6.93. The highest BCUT2D eigenvalue weighted by atomic mass is 32.2. The summed E-state index contributed by atoms with van der Waals surface area (Å²) in [6.45, 7) is 1.23. The van der Waals surface area contributed by atoms with Crippen LogP contribution in [0.15, 0.2) is 58.5 Å². The van der Waals surface area contributed by atoms with E-state index in [1.165, 1.54) is 25.1 Å². The third-order valence-corrected chi connectivity index (χ3v) is 4.36. The second kappa shape index (κ2) is 6.25. The number of ketones is 1. The average molecular weight is 341 g/mol. The van der Waals surface area contributed by atoms with Crippen molar-refractivity contribution in [2.75, 3.05) is 5.01 Å². The van der Waals surface area contributed by atoms with Gasteiger partial charge in [-0.25, -0.2) is 0 Å². The van der Waals surface area contributed by atoms with E-state index in [4.69, 9.17) is 0 Å². The van der Waals surface area contributed by atoms with Crippen molar-refractivity contribution in [3.05, 3.63) is 64.2 Å². The summed E-state index contributed by atoms with van der Waals surface area (Å²) in [6, 6.07) is 12.8. The van der Waals surface area contributed by atoms with E-state index in [9.17, 15) is 19.7 Å². The second-order valence-electron chi connectivity index (χ2n) is 4.91. The Hall–Kier alpha value is -3.00. The Balaban J connectivity index is 2.05. The topological polar surface area (TPSA) is 92.9 Å². The summed E-state index contributed by atoms with van der Waals surface area (Å²) in [7, 11) is 0. The summed E-state index contributed by atoms with van der Waals surface area (Å²) in [5.74, 6) is -0.832.